The lowest BCUT2D eigenvalue weighted by Gasteiger charge is -2.39. The Morgan fingerprint density at radius 1 is 0.620 bits per heavy atom. The van der Waals surface area contributed by atoms with E-state index in [-0.39, 0.29) is 48.3 Å². The maximum absolute atomic E-state index is 13.5. The summed E-state index contributed by atoms with van der Waals surface area (Å²) in [5.74, 6) is -0.193. The Bertz CT molecular complexity index is 2190. The number of hydrogen-bond acceptors (Lipinski definition) is 7. The molecule has 3 N–H and O–H groups in total. The molecule has 8 rings (SSSR count). The number of carbonyl (C=O) groups excluding carboxylic acids is 4. The molecule has 2 aliphatic carbocycles. The number of piperidine rings is 1. The van der Waals surface area contributed by atoms with Crippen LogP contribution < -0.4 is 15.5 Å². The summed E-state index contributed by atoms with van der Waals surface area (Å²) >= 11 is 0. The summed E-state index contributed by atoms with van der Waals surface area (Å²) in [6, 6.07) is 32.7. The molecule has 0 bridgehead atoms. The number of anilines is 3. The maximum atomic E-state index is 13.5. The highest BCUT2D eigenvalue weighted by molar-refractivity contribution is 6.23. The molecule has 0 atom stereocenters. The van der Waals surface area contributed by atoms with Gasteiger partial charge in [-0.3, -0.25) is 24.1 Å². The summed E-state index contributed by atoms with van der Waals surface area (Å²) in [5, 5.41) is 16.0. The number of amides is 2. The summed E-state index contributed by atoms with van der Waals surface area (Å²) in [6.07, 6.45) is 1.47. The monoisotopic (exact) mass is 662 g/mol. The van der Waals surface area contributed by atoms with E-state index in [9.17, 15) is 24.3 Å². The van der Waals surface area contributed by atoms with Gasteiger partial charge < -0.3 is 20.6 Å². The fourth-order valence-corrected chi connectivity index (χ4v) is 7.43. The van der Waals surface area contributed by atoms with Crippen LogP contribution in [0.5, 0.6) is 5.75 Å². The first-order valence-electron chi connectivity index (χ1n) is 16.8. The zero-order valence-electron chi connectivity index (χ0n) is 27.2. The molecule has 3 aliphatic rings. The number of ketones is 2. The van der Waals surface area contributed by atoms with Crippen molar-refractivity contribution in [1.29, 1.82) is 0 Å². The van der Waals surface area contributed by atoms with Crippen molar-refractivity contribution >= 4 is 40.4 Å². The van der Waals surface area contributed by atoms with Crippen LogP contribution in [0.1, 0.15) is 44.7 Å². The molecule has 0 spiro atoms. The highest BCUT2D eigenvalue weighted by atomic mass is 16.3. The van der Waals surface area contributed by atoms with Crippen LogP contribution in [0.2, 0.25) is 0 Å². The summed E-state index contributed by atoms with van der Waals surface area (Å²) in [4.78, 5) is 56.4. The number of phenols is 1. The average Bonchev–Trinajstić information content (AvgIpc) is 3.57. The van der Waals surface area contributed by atoms with Gasteiger partial charge in [-0.25, -0.2) is 0 Å². The number of aromatic hydroxyl groups is 1. The van der Waals surface area contributed by atoms with E-state index in [0.29, 0.717) is 46.7 Å². The van der Waals surface area contributed by atoms with Gasteiger partial charge in [0.15, 0.2) is 11.6 Å². The highest BCUT2D eigenvalue weighted by Crippen LogP contribution is 2.39. The summed E-state index contributed by atoms with van der Waals surface area (Å²) < 4.78 is 0. The van der Waals surface area contributed by atoms with E-state index >= 15 is 0 Å². The minimum absolute atomic E-state index is 0.00209. The van der Waals surface area contributed by atoms with Crippen molar-refractivity contribution in [2.24, 2.45) is 0 Å². The predicted octanol–water partition coefficient (Wildman–Crippen LogP) is 6.36. The van der Waals surface area contributed by atoms with E-state index in [2.05, 4.69) is 20.4 Å². The first kappa shape index (κ1) is 31.2. The Labute approximate surface area is 289 Å². The van der Waals surface area contributed by atoms with Crippen molar-refractivity contribution in [1.82, 2.24) is 4.90 Å². The quantitative estimate of drug-likeness (QED) is 0.173. The van der Waals surface area contributed by atoms with Gasteiger partial charge in [0.25, 0.3) is 0 Å². The molecule has 5 aromatic rings. The lowest BCUT2D eigenvalue weighted by Crippen LogP contribution is -2.49. The zero-order valence-corrected chi connectivity index (χ0v) is 27.2. The Morgan fingerprint density at radius 2 is 1.10 bits per heavy atom. The van der Waals surface area contributed by atoms with Crippen LogP contribution >= 0.6 is 0 Å². The molecule has 50 heavy (non-hydrogen) atoms. The second-order valence-electron chi connectivity index (χ2n) is 13.0. The normalized spacial score (nSPS) is 14.8. The van der Waals surface area contributed by atoms with E-state index in [1.807, 2.05) is 72.8 Å². The third kappa shape index (κ3) is 5.82. The van der Waals surface area contributed by atoms with Gasteiger partial charge in [0.1, 0.15) is 5.75 Å². The molecule has 248 valence electrons. The molecule has 1 saturated heterocycles. The van der Waals surface area contributed by atoms with E-state index < -0.39 is 0 Å². The minimum atomic E-state index is -0.198. The Balaban J connectivity index is 0.911. The zero-order chi connectivity index (χ0) is 34.4. The first-order valence-corrected chi connectivity index (χ1v) is 16.8. The van der Waals surface area contributed by atoms with Crippen molar-refractivity contribution in [2.75, 3.05) is 41.7 Å². The van der Waals surface area contributed by atoms with E-state index in [4.69, 9.17) is 0 Å². The molecular weight excluding hydrogens is 628 g/mol. The maximum Gasteiger partial charge on any atom is 0.243 e. The van der Waals surface area contributed by atoms with Crippen LogP contribution in [0.4, 0.5) is 17.1 Å². The number of carbonyl (C=O) groups is 4. The lowest BCUT2D eigenvalue weighted by atomic mass is 10.0. The molecule has 1 fully saturated rings. The molecule has 0 unspecified atom stereocenters. The summed E-state index contributed by atoms with van der Waals surface area (Å²) in [7, 11) is 0. The number of benzene rings is 5. The van der Waals surface area contributed by atoms with Crippen LogP contribution in [0.25, 0.3) is 22.3 Å². The van der Waals surface area contributed by atoms with Gasteiger partial charge in [-0.2, -0.15) is 0 Å². The average molecular weight is 663 g/mol. The van der Waals surface area contributed by atoms with Crippen LogP contribution in [0.3, 0.4) is 0 Å². The summed E-state index contributed by atoms with van der Waals surface area (Å²) in [6.45, 7) is 1.65. The van der Waals surface area contributed by atoms with Gasteiger partial charge in [-0.1, -0.05) is 48.5 Å². The number of nitrogens with zero attached hydrogens (tertiary/aromatic N) is 2. The Kier molecular flexibility index (Phi) is 7.97. The SMILES string of the molecule is O=C(CN1CCC(N(CC(=O)Nc2ccc3c(c2)-c2ccccc2C3=O)c2ccc(O)cc2)CC1)Nc1ccc2c(c1)-c1ccccc1C2=O. The molecule has 0 saturated carbocycles. The Hall–Kier alpha value is -6.06. The van der Waals surface area contributed by atoms with Gasteiger partial charge in [0, 0.05) is 58.4 Å². The van der Waals surface area contributed by atoms with Crippen LogP contribution in [0.15, 0.2) is 109 Å². The van der Waals surface area contributed by atoms with Crippen molar-refractivity contribution in [3.63, 3.8) is 0 Å². The van der Waals surface area contributed by atoms with E-state index in [1.54, 1.807) is 36.4 Å². The largest absolute Gasteiger partial charge is 0.508 e. The number of nitrogens with one attached hydrogen (secondary N) is 2. The second-order valence-corrected chi connectivity index (χ2v) is 13.0. The predicted molar refractivity (Wildman–Crippen MR) is 193 cm³/mol. The number of rotatable bonds is 8. The third-order valence-corrected chi connectivity index (χ3v) is 9.88. The topological polar surface area (TPSA) is 119 Å². The van der Waals surface area contributed by atoms with Crippen LogP contribution in [-0.2, 0) is 9.59 Å². The van der Waals surface area contributed by atoms with Gasteiger partial charge in [-0.15, -0.1) is 0 Å². The second kappa shape index (κ2) is 12.8. The highest BCUT2D eigenvalue weighted by Gasteiger charge is 2.30. The van der Waals surface area contributed by atoms with Gasteiger partial charge >= 0.3 is 0 Å². The molecule has 1 aliphatic heterocycles. The fraction of sp³-hybridized carbons (Fsp3) is 0.171. The first-order chi connectivity index (χ1) is 24.3. The third-order valence-electron chi connectivity index (χ3n) is 9.88. The molecule has 5 aromatic carbocycles. The molecular formula is C41H34N4O5. The molecule has 1 heterocycles. The van der Waals surface area contributed by atoms with E-state index in [1.165, 1.54) is 0 Å². The molecule has 2 amide bonds. The van der Waals surface area contributed by atoms with Crippen molar-refractivity contribution in [3.05, 3.63) is 131 Å². The molecule has 9 heteroatoms. The van der Waals surface area contributed by atoms with Crippen LogP contribution in [0, 0.1) is 0 Å². The molecule has 0 radical (unpaired) electrons. The van der Waals surface area contributed by atoms with Crippen LogP contribution in [-0.4, -0.2) is 65.6 Å². The van der Waals surface area contributed by atoms with Gasteiger partial charge in [-0.05, 0) is 95.8 Å². The smallest absolute Gasteiger partial charge is 0.243 e. The number of hydrogen-bond donors (Lipinski definition) is 3. The summed E-state index contributed by atoms with van der Waals surface area (Å²) in [5.41, 5.74) is 8.10. The number of likely N-dealkylation sites (tertiary alicyclic amines) is 1. The Morgan fingerprint density at radius 3 is 1.64 bits per heavy atom. The molecule has 9 nitrogen and oxygen atoms in total. The van der Waals surface area contributed by atoms with E-state index in [0.717, 1.165) is 40.8 Å². The fourth-order valence-electron chi connectivity index (χ4n) is 7.43. The number of fused-ring (bicyclic) bond motifs is 6. The lowest BCUT2D eigenvalue weighted by molar-refractivity contribution is -0.117. The van der Waals surface area contributed by atoms with Crippen molar-refractivity contribution < 1.29 is 24.3 Å². The van der Waals surface area contributed by atoms with Gasteiger partial charge in [0.05, 0.1) is 13.1 Å². The van der Waals surface area contributed by atoms with Crippen molar-refractivity contribution in [2.45, 2.75) is 18.9 Å². The minimum Gasteiger partial charge on any atom is -0.508 e. The standard InChI is InChI=1S/C41H34N4O5/c46-29-13-11-27(12-14-29)45(24-39(48)43-26-10-16-35-37(22-26)31-6-2-4-8-33(31)41(35)50)28-17-19-44(20-18-28)23-38(47)42-25-9-15-34-36(21-25)30-5-1-3-7-32(30)40(34)49/h1-16,21-22,28,46H,17-20,23-24H2,(H,42,47)(H,43,48). The van der Waals surface area contributed by atoms with Crippen molar-refractivity contribution in [3.8, 4) is 28.0 Å². The molecule has 0 aromatic heterocycles. The number of phenolic OH excluding ortho intramolecular Hbond substituents is 1. The van der Waals surface area contributed by atoms with Gasteiger partial charge in [0.2, 0.25) is 11.8 Å².